The van der Waals surface area contributed by atoms with Gasteiger partial charge in [0.1, 0.15) is 16.4 Å². The van der Waals surface area contributed by atoms with E-state index in [0.29, 0.717) is 12.1 Å². The molecule has 0 aliphatic carbocycles. The molecule has 2 aromatic carbocycles. The Hall–Kier alpha value is -1.76. The van der Waals surface area contributed by atoms with Crippen LogP contribution in [0, 0.1) is 0 Å². The monoisotopic (exact) mass is 296 g/mol. The van der Waals surface area contributed by atoms with Crippen molar-refractivity contribution in [3.63, 3.8) is 0 Å². The molecule has 0 aliphatic heterocycles. The first kappa shape index (κ1) is 13.7. The van der Waals surface area contributed by atoms with Crippen LogP contribution in [0.25, 0.3) is 0 Å². The second kappa shape index (κ2) is 3.63. The summed E-state index contributed by atoms with van der Waals surface area (Å²) in [5.41, 5.74) is 0. The first-order valence-corrected chi connectivity index (χ1v) is 7.07. The molecule has 0 aromatic heterocycles. The van der Waals surface area contributed by atoms with Crippen LogP contribution in [-0.4, -0.2) is 0 Å². The van der Waals surface area contributed by atoms with E-state index in [1.807, 2.05) is 0 Å². The van der Waals surface area contributed by atoms with Crippen LogP contribution < -0.4 is 4.74 Å². The second-order valence-electron chi connectivity index (χ2n) is 3.86. The number of hydrogen-bond acceptors (Lipinski definition) is 1. The number of ether oxygens (including phenoxy) is 1. The summed E-state index contributed by atoms with van der Waals surface area (Å²) < 4.78 is 68.1. The van der Waals surface area contributed by atoms with E-state index in [0.717, 1.165) is 6.07 Å². The topological polar surface area (TPSA) is 9.23 Å². The largest absolute Gasteiger partial charge is 0.457 e. The summed E-state index contributed by atoms with van der Waals surface area (Å²) >= 11 is 0. The molecule has 2 rings (SSSR count). The molecule has 19 heavy (non-hydrogen) atoms. The van der Waals surface area contributed by atoms with Gasteiger partial charge in [-0.1, -0.05) is 43.7 Å². The second-order valence-corrected chi connectivity index (χ2v) is 6.27. The Kier molecular flexibility index (Phi) is 2.61. The average Bonchev–Trinajstić information content (AvgIpc) is 2.28. The van der Waals surface area contributed by atoms with Crippen molar-refractivity contribution in [2.75, 3.05) is 0 Å². The normalized spacial score (nSPS) is 15.4. The van der Waals surface area contributed by atoms with Crippen molar-refractivity contribution in [3.05, 3.63) is 54.6 Å². The predicted octanol–water partition coefficient (Wildman–Crippen LogP) is 6.14. The van der Waals surface area contributed by atoms with E-state index < -0.39 is 15.1 Å². The van der Waals surface area contributed by atoms with Gasteiger partial charge < -0.3 is 4.74 Å². The van der Waals surface area contributed by atoms with Gasteiger partial charge in [0.15, 0.2) is 0 Å². The van der Waals surface area contributed by atoms with E-state index >= 15 is 0 Å². The fourth-order valence-corrected chi connectivity index (χ4v) is 2.08. The Balaban J connectivity index is 2.37. The molecular weight excluding hydrogens is 287 g/mol. The number of hydrogen-bond donors (Lipinski definition) is 0. The minimum Gasteiger partial charge on any atom is -0.457 e. The Bertz CT molecular complexity index is 594. The van der Waals surface area contributed by atoms with E-state index in [4.69, 9.17) is 4.74 Å². The SMILES string of the molecule is FS(F)(F)(F)(F)c1cccc(Oc2ccccc2)c1. The highest BCUT2D eigenvalue weighted by Gasteiger charge is 2.65. The van der Waals surface area contributed by atoms with Gasteiger partial charge in [-0.05, 0) is 24.3 Å². The molecule has 0 N–H and O–H groups in total. The first-order chi connectivity index (χ1) is 8.54. The van der Waals surface area contributed by atoms with Crippen LogP contribution in [0.3, 0.4) is 0 Å². The van der Waals surface area contributed by atoms with Crippen LogP contribution in [0.15, 0.2) is 59.5 Å². The lowest BCUT2D eigenvalue weighted by Gasteiger charge is -2.40. The zero-order chi connectivity index (χ0) is 14.2. The molecule has 0 amide bonds. The van der Waals surface area contributed by atoms with Crippen molar-refractivity contribution in [1.29, 1.82) is 0 Å². The minimum absolute atomic E-state index is 0.266. The van der Waals surface area contributed by atoms with Gasteiger partial charge in [0, 0.05) is 6.07 Å². The maximum Gasteiger partial charge on any atom is 0.310 e. The molecule has 0 saturated heterocycles. The third kappa shape index (κ3) is 3.60. The molecule has 0 radical (unpaired) electrons. The van der Waals surface area contributed by atoms with Crippen molar-refractivity contribution in [3.8, 4) is 11.5 Å². The Labute approximate surface area is 106 Å². The van der Waals surface area contributed by atoms with Crippen molar-refractivity contribution in [2.45, 2.75) is 4.90 Å². The van der Waals surface area contributed by atoms with Crippen LogP contribution in [-0.2, 0) is 0 Å². The molecule has 1 nitrogen and oxygen atoms in total. The quantitative estimate of drug-likeness (QED) is 0.618. The van der Waals surface area contributed by atoms with Crippen LogP contribution in [0.2, 0.25) is 0 Å². The Morgan fingerprint density at radius 2 is 1.26 bits per heavy atom. The number of benzene rings is 2. The lowest BCUT2D eigenvalue weighted by Crippen LogP contribution is -2.05. The third-order valence-electron chi connectivity index (χ3n) is 2.23. The van der Waals surface area contributed by atoms with Gasteiger partial charge in [0.05, 0.1) is 0 Å². The molecule has 0 heterocycles. The van der Waals surface area contributed by atoms with Gasteiger partial charge in [-0.25, -0.2) is 0 Å². The van der Waals surface area contributed by atoms with Gasteiger partial charge in [0.2, 0.25) is 0 Å². The van der Waals surface area contributed by atoms with Crippen LogP contribution in [0.4, 0.5) is 19.4 Å². The van der Waals surface area contributed by atoms with Gasteiger partial charge in [-0.2, -0.15) is 0 Å². The summed E-state index contributed by atoms with van der Waals surface area (Å²) in [5.74, 6) is -0.0289. The zero-order valence-electron chi connectivity index (χ0n) is 9.40. The van der Waals surface area contributed by atoms with E-state index in [1.165, 1.54) is 18.2 Å². The molecule has 0 saturated carbocycles. The van der Waals surface area contributed by atoms with E-state index in [-0.39, 0.29) is 11.5 Å². The summed E-state index contributed by atoms with van der Waals surface area (Å²) in [5, 5.41) is 0. The van der Waals surface area contributed by atoms with E-state index in [2.05, 4.69) is 0 Å². The molecule has 0 fully saturated rings. The standard InChI is InChI=1S/C12H9F5OS/c13-19(14,15,16,17)12-8-4-7-11(9-12)18-10-5-2-1-3-6-10/h1-9H. The summed E-state index contributed by atoms with van der Waals surface area (Å²) in [6, 6.07) is 10.6. The van der Waals surface area contributed by atoms with Crippen molar-refractivity contribution in [2.24, 2.45) is 0 Å². The fraction of sp³-hybridized carbons (Fsp3) is 0. The maximum atomic E-state index is 12.6. The summed E-state index contributed by atoms with van der Waals surface area (Å²) in [7, 11) is -9.67. The van der Waals surface area contributed by atoms with Crippen molar-refractivity contribution < 1.29 is 24.2 Å². The molecule has 104 valence electrons. The summed E-state index contributed by atoms with van der Waals surface area (Å²) in [6.45, 7) is 0. The highest BCUT2D eigenvalue weighted by Crippen LogP contribution is 3.02. The first-order valence-electron chi connectivity index (χ1n) is 5.12. The van der Waals surface area contributed by atoms with Crippen LogP contribution in [0.5, 0.6) is 11.5 Å². The zero-order valence-corrected chi connectivity index (χ0v) is 10.2. The maximum absolute atomic E-state index is 12.6. The molecular formula is C12H9F5OS. The minimum atomic E-state index is -9.67. The van der Waals surface area contributed by atoms with Gasteiger partial charge in [-0.15, -0.1) is 0 Å². The lowest BCUT2D eigenvalue weighted by atomic mass is 10.3. The molecule has 0 bridgehead atoms. The highest BCUT2D eigenvalue weighted by atomic mass is 32.5. The lowest BCUT2D eigenvalue weighted by molar-refractivity contribution is 0.362. The summed E-state index contributed by atoms with van der Waals surface area (Å²) in [4.78, 5) is -1.96. The predicted molar refractivity (Wildman–Crippen MR) is 64.4 cm³/mol. The van der Waals surface area contributed by atoms with Crippen molar-refractivity contribution in [1.82, 2.24) is 0 Å². The molecule has 0 aliphatic rings. The Morgan fingerprint density at radius 1 is 0.684 bits per heavy atom. The fourth-order valence-electron chi connectivity index (χ4n) is 1.40. The van der Waals surface area contributed by atoms with Crippen LogP contribution >= 0.6 is 10.2 Å². The van der Waals surface area contributed by atoms with Gasteiger partial charge in [-0.3, -0.25) is 0 Å². The molecule has 2 aromatic rings. The number of halogens is 5. The number of rotatable bonds is 3. The molecule has 7 heteroatoms. The number of para-hydroxylation sites is 1. The summed E-state index contributed by atoms with van der Waals surface area (Å²) in [6.07, 6.45) is 0. The van der Waals surface area contributed by atoms with Gasteiger partial charge >= 0.3 is 10.2 Å². The van der Waals surface area contributed by atoms with E-state index in [9.17, 15) is 19.4 Å². The highest BCUT2D eigenvalue weighted by molar-refractivity contribution is 8.45. The van der Waals surface area contributed by atoms with E-state index in [1.54, 1.807) is 18.2 Å². The van der Waals surface area contributed by atoms with Gasteiger partial charge in [0.25, 0.3) is 0 Å². The molecule has 0 spiro atoms. The Morgan fingerprint density at radius 3 is 1.84 bits per heavy atom. The third-order valence-corrected chi connectivity index (χ3v) is 3.37. The molecule has 0 atom stereocenters. The van der Waals surface area contributed by atoms with Crippen molar-refractivity contribution >= 4 is 10.2 Å². The van der Waals surface area contributed by atoms with Crippen LogP contribution in [0.1, 0.15) is 0 Å². The molecule has 0 unspecified atom stereocenters. The smallest absolute Gasteiger partial charge is 0.310 e. The average molecular weight is 296 g/mol.